The van der Waals surface area contributed by atoms with Gasteiger partial charge >= 0.3 is 0 Å². The van der Waals surface area contributed by atoms with E-state index in [1.807, 2.05) is 0 Å². The topological polar surface area (TPSA) is 0 Å². The monoisotopic (exact) mass is 250 g/mol. The summed E-state index contributed by atoms with van der Waals surface area (Å²) in [4.78, 5) is 1.67. The third-order valence-corrected chi connectivity index (χ3v) is 3.50. The van der Waals surface area contributed by atoms with Crippen LogP contribution in [0.2, 0.25) is 0 Å². The van der Waals surface area contributed by atoms with E-state index in [-0.39, 0.29) is 0 Å². The Morgan fingerprint density at radius 3 is 1.55 bits per heavy atom. The van der Waals surface area contributed by atoms with E-state index >= 15 is 0 Å². The average Bonchev–Trinajstić information content (AvgIpc) is 2.07. The zero-order valence-electron chi connectivity index (χ0n) is 5.49. The van der Waals surface area contributed by atoms with E-state index in [0.29, 0.717) is 11.8 Å². The molecular weight excluding hydrogens is 246 g/mol. The maximum absolute atomic E-state index is 5.54. The highest BCUT2D eigenvalue weighted by Crippen LogP contribution is 2.28. The lowest BCUT2D eigenvalue weighted by atomic mass is 10.7. The summed E-state index contributed by atoms with van der Waals surface area (Å²) in [5.41, 5.74) is 2.84. The van der Waals surface area contributed by atoms with Gasteiger partial charge in [-0.15, -0.1) is 23.2 Å². The molecule has 0 nitrogen and oxygen atoms in total. The Kier molecular flexibility index (Phi) is 8.32. The lowest BCUT2D eigenvalue weighted by Gasteiger charge is -2.01. The van der Waals surface area contributed by atoms with Crippen LogP contribution in [0.5, 0.6) is 0 Å². The van der Waals surface area contributed by atoms with Crippen LogP contribution in [0.3, 0.4) is 0 Å². The Hall–Kier alpha value is 0.990. The van der Waals surface area contributed by atoms with E-state index in [1.165, 1.54) is 22.8 Å². The van der Waals surface area contributed by atoms with Gasteiger partial charge in [-0.25, -0.2) is 0 Å². The summed E-state index contributed by atoms with van der Waals surface area (Å²) in [6, 6.07) is 0. The van der Waals surface area contributed by atoms with E-state index in [9.17, 15) is 0 Å². The highest BCUT2D eigenvalue weighted by molar-refractivity contribution is 8.07. The summed E-state index contributed by atoms with van der Waals surface area (Å²) in [6.07, 6.45) is 0. The minimum Gasteiger partial charge on any atom is -0.121 e. The van der Waals surface area contributed by atoms with Crippen LogP contribution < -0.4 is 0 Å². The third kappa shape index (κ3) is 5.26. The van der Waals surface area contributed by atoms with Gasteiger partial charge in [0, 0.05) is 20.9 Å². The van der Waals surface area contributed by atoms with E-state index in [4.69, 9.17) is 46.4 Å². The van der Waals surface area contributed by atoms with Crippen molar-refractivity contribution in [3.8, 4) is 0 Å². The molecule has 0 aliphatic rings. The van der Waals surface area contributed by atoms with Crippen LogP contribution in [0.15, 0.2) is 20.9 Å². The van der Waals surface area contributed by atoms with E-state index in [2.05, 4.69) is 0 Å². The van der Waals surface area contributed by atoms with Gasteiger partial charge in [-0.1, -0.05) is 35.0 Å². The number of alkyl halides is 2. The van der Waals surface area contributed by atoms with Crippen molar-refractivity contribution in [2.24, 2.45) is 0 Å². The number of rotatable bonds is 4. The van der Waals surface area contributed by atoms with Crippen molar-refractivity contribution in [3.63, 3.8) is 0 Å². The van der Waals surface area contributed by atoms with Crippen molar-refractivity contribution in [3.05, 3.63) is 20.9 Å². The van der Waals surface area contributed by atoms with Crippen molar-refractivity contribution in [1.29, 1.82) is 0 Å². The molecule has 0 atom stereocenters. The van der Waals surface area contributed by atoms with Gasteiger partial charge < -0.3 is 0 Å². The summed E-state index contributed by atoms with van der Waals surface area (Å²) in [5, 5.41) is 0. The fourth-order valence-electron chi connectivity index (χ4n) is 0.326. The van der Waals surface area contributed by atoms with Gasteiger partial charge in [0.15, 0.2) is 0 Å². The molecular formula is C6H6Cl4S. The molecule has 0 N–H and O–H groups in total. The van der Waals surface area contributed by atoms with Crippen LogP contribution >= 0.6 is 58.2 Å². The zero-order chi connectivity index (χ0) is 8.69. The average molecular weight is 252 g/mol. The third-order valence-electron chi connectivity index (χ3n) is 0.769. The molecule has 0 aliphatic carbocycles. The predicted octanol–water partition coefficient (Wildman–Crippen LogP) is 4.36. The molecule has 0 spiro atoms. The SMILES string of the molecule is Cl/C=C(\CCl)S/C(=C/Cl)CCl. The van der Waals surface area contributed by atoms with Gasteiger partial charge in [0.25, 0.3) is 0 Å². The molecule has 0 rings (SSSR count). The molecule has 0 aromatic heterocycles. The molecule has 0 aromatic carbocycles. The number of hydrogen-bond donors (Lipinski definition) is 0. The lowest BCUT2D eigenvalue weighted by molar-refractivity contribution is 1.67. The minimum atomic E-state index is 0.374. The van der Waals surface area contributed by atoms with Gasteiger partial charge in [-0.05, 0) is 0 Å². The number of halogens is 4. The van der Waals surface area contributed by atoms with Gasteiger partial charge in [-0.2, -0.15) is 0 Å². The first kappa shape index (κ1) is 12.0. The molecule has 0 heterocycles. The van der Waals surface area contributed by atoms with Crippen LogP contribution in [-0.2, 0) is 0 Å². The van der Waals surface area contributed by atoms with Crippen LogP contribution in [0.1, 0.15) is 0 Å². The molecule has 0 bridgehead atoms. The quantitative estimate of drug-likeness (QED) is 0.670. The molecule has 0 saturated heterocycles. The molecule has 0 aliphatic heterocycles. The summed E-state index contributed by atoms with van der Waals surface area (Å²) < 4.78 is 0. The van der Waals surface area contributed by atoms with Gasteiger partial charge in [0.05, 0.1) is 11.8 Å². The summed E-state index contributed by atoms with van der Waals surface area (Å²) >= 11 is 23.4. The Labute approximate surface area is 90.5 Å². The number of thioether (sulfide) groups is 1. The maximum Gasteiger partial charge on any atom is 0.0546 e. The van der Waals surface area contributed by atoms with Crippen molar-refractivity contribution in [2.75, 3.05) is 11.8 Å². The van der Waals surface area contributed by atoms with Crippen LogP contribution in [0, 0.1) is 0 Å². The lowest BCUT2D eigenvalue weighted by Crippen LogP contribution is -1.81. The Morgan fingerprint density at radius 1 is 1.00 bits per heavy atom. The first-order valence-electron chi connectivity index (χ1n) is 2.66. The fraction of sp³-hybridized carbons (Fsp3) is 0.333. The minimum absolute atomic E-state index is 0.374. The van der Waals surface area contributed by atoms with Gasteiger partial charge in [0.1, 0.15) is 0 Å². The molecule has 0 saturated carbocycles. The first-order valence-corrected chi connectivity index (χ1v) is 5.42. The van der Waals surface area contributed by atoms with E-state index < -0.39 is 0 Å². The molecule has 0 radical (unpaired) electrons. The Morgan fingerprint density at radius 2 is 1.36 bits per heavy atom. The van der Waals surface area contributed by atoms with E-state index in [1.54, 1.807) is 0 Å². The van der Waals surface area contributed by atoms with Crippen LogP contribution in [0.25, 0.3) is 0 Å². The first-order chi connectivity index (χ1) is 5.28. The van der Waals surface area contributed by atoms with Crippen molar-refractivity contribution < 1.29 is 0 Å². The van der Waals surface area contributed by atoms with Gasteiger partial charge in [0.2, 0.25) is 0 Å². The maximum atomic E-state index is 5.54. The second-order valence-corrected chi connectivity index (χ2v) is 3.74. The summed E-state index contributed by atoms with van der Waals surface area (Å²) in [6.45, 7) is 0. The summed E-state index contributed by atoms with van der Waals surface area (Å²) in [5.74, 6) is 0.749. The molecule has 5 heteroatoms. The van der Waals surface area contributed by atoms with E-state index in [0.717, 1.165) is 9.81 Å². The standard InChI is InChI=1S/C6H6Cl4S/c7-1-5(2-8)11-6(3-9)4-10/h1,3H,2,4H2/b5-1+,6-3+. The highest BCUT2D eigenvalue weighted by atomic mass is 35.5. The van der Waals surface area contributed by atoms with Crippen LogP contribution in [0.4, 0.5) is 0 Å². The molecule has 0 fully saturated rings. The molecule has 0 unspecified atom stereocenters. The second-order valence-electron chi connectivity index (χ2n) is 1.52. The smallest absolute Gasteiger partial charge is 0.0546 e. The molecule has 64 valence electrons. The predicted molar refractivity (Wildman–Crippen MR) is 56.9 cm³/mol. The van der Waals surface area contributed by atoms with Crippen molar-refractivity contribution in [2.45, 2.75) is 0 Å². The zero-order valence-corrected chi connectivity index (χ0v) is 9.33. The fourth-order valence-corrected chi connectivity index (χ4v) is 1.92. The molecule has 0 amide bonds. The Bertz CT molecular complexity index is 146. The van der Waals surface area contributed by atoms with Crippen molar-refractivity contribution >= 4 is 58.2 Å². The number of allylic oxidation sites excluding steroid dienone is 2. The normalized spacial score (nSPS) is 13.8. The van der Waals surface area contributed by atoms with Gasteiger partial charge in [-0.3, -0.25) is 0 Å². The molecule has 11 heavy (non-hydrogen) atoms. The number of hydrogen-bond acceptors (Lipinski definition) is 1. The molecule has 0 aromatic rings. The van der Waals surface area contributed by atoms with Crippen molar-refractivity contribution in [1.82, 2.24) is 0 Å². The van der Waals surface area contributed by atoms with Crippen LogP contribution in [-0.4, -0.2) is 11.8 Å². The largest absolute Gasteiger partial charge is 0.121 e. The highest BCUT2D eigenvalue weighted by Gasteiger charge is 2.00. The summed E-state index contributed by atoms with van der Waals surface area (Å²) in [7, 11) is 0. The Balaban J connectivity index is 4.00. The second kappa shape index (κ2) is 7.63.